The monoisotopic (exact) mass is 442 g/mol. The number of rotatable bonds is 8. The quantitative estimate of drug-likeness (QED) is 0.332. The summed E-state index contributed by atoms with van der Waals surface area (Å²) in [7, 11) is 3.11. The summed E-state index contributed by atoms with van der Waals surface area (Å²) in [6.45, 7) is 0.440. The Balaban J connectivity index is 1.37. The Bertz CT molecular complexity index is 1250. The first-order valence-corrected chi connectivity index (χ1v) is 10.1. The molecule has 4 aromatic rings. The van der Waals surface area contributed by atoms with Crippen LogP contribution in [0, 0.1) is 0 Å². The normalized spacial score (nSPS) is 10.8. The van der Waals surface area contributed by atoms with Crippen LogP contribution in [0.4, 0.5) is 0 Å². The van der Waals surface area contributed by atoms with Gasteiger partial charge < -0.3 is 9.47 Å². The number of ether oxygens (including phenoxy) is 2. The Labute approximate surface area is 190 Å². The van der Waals surface area contributed by atoms with E-state index in [1.54, 1.807) is 32.4 Å². The smallest absolute Gasteiger partial charge is 0.271 e. The summed E-state index contributed by atoms with van der Waals surface area (Å²) in [5.74, 6) is 1.36. The van der Waals surface area contributed by atoms with Crippen molar-refractivity contribution in [1.82, 2.24) is 25.6 Å². The van der Waals surface area contributed by atoms with Crippen LogP contribution in [0.15, 0.2) is 77.9 Å². The number of benzene rings is 3. The molecule has 1 aromatic heterocycles. The first-order valence-electron chi connectivity index (χ1n) is 10.1. The van der Waals surface area contributed by atoms with Gasteiger partial charge in [-0.1, -0.05) is 48.5 Å². The molecule has 4 rings (SSSR count). The number of hydrazone groups is 1. The van der Waals surface area contributed by atoms with Crippen molar-refractivity contribution >= 4 is 12.1 Å². The van der Waals surface area contributed by atoms with Crippen LogP contribution < -0.4 is 14.9 Å². The molecule has 0 saturated heterocycles. The highest BCUT2D eigenvalue weighted by Gasteiger charge is 2.09. The highest BCUT2D eigenvalue weighted by Crippen LogP contribution is 2.29. The van der Waals surface area contributed by atoms with Gasteiger partial charge in [-0.2, -0.15) is 9.90 Å². The average Bonchev–Trinajstić information content (AvgIpc) is 3.33. The van der Waals surface area contributed by atoms with E-state index >= 15 is 0 Å². The maximum Gasteiger partial charge on any atom is 0.271 e. The Morgan fingerprint density at radius 3 is 2.52 bits per heavy atom. The number of aromatic nitrogens is 4. The van der Waals surface area contributed by atoms with Gasteiger partial charge in [0.15, 0.2) is 11.5 Å². The van der Waals surface area contributed by atoms with Gasteiger partial charge >= 0.3 is 0 Å². The van der Waals surface area contributed by atoms with Crippen molar-refractivity contribution < 1.29 is 14.3 Å². The average molecular weight is 442 g/mol. The van der Waals surface area contributed by atoms with E-state index in [0.29, 0.717) is 35.0 Å². The van der Waals surface area contributed by atoms with E-state index in [9.17, 15) is 4.79 Å². The molecule has 0 fully saturated rings. The van der Waals surface area contributed by atoms with E-state index in [-0.39, 0.29) is 5.91 Å². The van der Waals surface area contributed by atoms with Gasteiger partial charge in [-0.25, -0.2) is 5.43 Å². The van der Waals surface area contributed by atoms with E-state index in [0.717, 1.165) is 11.1 Å². The van der Waals surface area contributed by atoms with Crippen LogP contribution in [0.2, 0.25) is 0 Å². The highest BCUT2D eigenvalue weighted by molar-refractivity contribution is 5.95. The summed E-state index contributed by atoms with van der Waals surface area (Å²) in [4.78, 5) is 13.9. The largest absolute Gasteiger partial charge is 0.493 e. The minimum Gasteiger partial charge on any atom is -0.493 e. The van der Waals surface area contributed by atoms with Gasteiger partial charge in [0.1, 0.15) is 0 Å². The standard InChI is InChI=1S/C24H22N6O3/c1-32-21-10-6-9-20(22(21)33-2)15-25-27-24(31)19-13-11-17(12-14-19)16-30-28-23(26-29-30)18-7-4-3-5-8-18/h3-15H,16H2,1-2H3,(H,27,31)/b25-15-. The number of nitrogens with one attached hydrogen (secondary N) is 1. The third kappa shape index (κ3) is 5.21. The van der Waals surface area contributed by atoms with Crippen molar-refractivity contribution in [2.45, 2.75) is 6.54 Å². The molecule has 0 aliphatic rings. The zero-order valence-electron chi connectivity index (χ0n) is 18.2. The van der Waals surface area contributed by atoms with Gasteiger partial charge in [0.2, 0.25) is 5.82 Å². The van der Waals surface area contributed by atoms with E-state index in [4.69, 9.17) is 9.47 Å². The molecule has 0 aliphatic carbocycles. The second kappa shape index (κ2) is 10.2. The van der Waals surface area contributed by atoms with Crippen LogP contribution in [0.3, 0.4) is 0 Å². The van der Waals surface area contributed by atoms with Crippen molar-refractivity contribution in [1.29, 1.82) is 0 Å². The summed E-state index contributed by atoms with van der Waals surface area (Å²) in [5, 5.41) is 16.6. The molecule has 1 heterocycles. The van der Waals surface area contributed by atoms with Crippen LogP contribution in [-0.4, -0.2) is 46.5 Å². The number of carbonyl (C=O) groups is 1. The lowest BCUT2D eigenvalue weighted by atomic mass is 10.1. The SMILES string of the molecule is COc1cccc(/C=N\NC(=O)c2ccc(Cn3nnc(-c4ccccc4)n3)cc2)c1OC. The van der Waals surface area contributed by atoms with Gasteiger partial charge in [0.25, 0.3) is 5.91 Å². The predicted octanol–water partition coefficient (Wildman–Crippen LogP) is 3.17. The summed E-state index contributed by atoms with van der Waals surface area (Å²) < 4.78 is 10.6. The number of nitrogens with zero attached hydrogens (tertiary/aromatic N) is 5. The van der Waals surface area contributed by atoms with Gasteiger partial charge in [0, 0.05) is 16.7 Å². The number of methoxy groups -OCH3 is 2. The Morgan fingerprint density at radius 2 is 1.79 bits per heavy atom. The van der Waals surface area contributed by atoms with E-state index in [1.165, 1.54) is 11.0 Å². The lowest BCUT2D eigenvalue weighted by Gasteiger charge is -2.09. The minimum atomic E-state index is -0.329. The van der Waals surface area contributed by atoms with Crippen molar-refractivity contribution in [2.24, 2.45) is 5.10 Å². The molecule has 33 heavy (non-hydrogen) atoms. The topological polar surface area (TPSA) is 104 Å². The molecule has 3 aromatic carbocycles. The van der Waals surface area contributed by atoms with E-state index < -0.39 is 0 Å². The maximum atomic E-state index is 12.4. The highest BCUT2D eigenvalue weighted by atomic mass is 16.5. The van der Waals surface area contributed by atoms with Gasteiger partial charge in [-0.05, 0) is 35.0 Å². The Morgan fingerprint density at radius 1 is 1.00 bits per heavy atom. The second-order valence-electron chi connectivity index (χ2n) is 6.99. The Kier molecular flexibility index (Phi) is 6.70. The number of hydrogen-bond donors (Lipinski definition) is 1. The Hall–Kier alpha value is -4.53. The fourth-order valence-electron chi connectivity index (χ4n) is 3.18. The molecule has 0 unspecified atom stereocenters. The van der Waals surface area contributed by atoms with Crippen LogP contribution in [0.5, 0.6) is 11.5 Å². The van der Waals surface area contributed by atoms with Crippen molar-refractivity contribution in [2.75, 3.05) is 14.2 Å². The zero-order chi connectivity index (χ0) is 23.0. The first kappa shape index (κ1) is 21.7. The fraction of sp³-hybridized carbons (Fsp3) is 0.125. The molecular formula is C24H22N6O3. The minimum absolute atomic E-state index is 0.329. The van der Waals surface area contributed by atoms with Crippen molar-refractivity contribution in [3.63, 3.8) is 0 Å². The first-order chi connectivity index (χ1) is 16.2. The fourth-order valence-corrected chi connectivity index (χ4v) is 3.18. The number of hydrogen-bond acceptors (Lipinski definition) is 7. The van der Waals surface area contributed by atoms with Gasteiger partial charge in [-0.3, -0.25) is 4.79 Å². The summed E-state index contributed by atoms with van der Waals surface area (Å²) >= 11 is 0. The van der Waals surface area contributed by atoms with Crippen LogP contribution in [0.1, 0.15) is 21.5 Å². The van der Waals surface area contributed by atoms with E-state index in [1.807, 2.05) is 54.6 Å². The van der Waals surface area contributed by atoms with E-state index in [2.05, 4.69) is 25.9 Å². The number of tetrazole rings is 1. The number of amides is 1. The third-order valence-electron chi connectivity index (χ3n) is 4.83. The lowest BCUT2D eigenvalue weighted by Crippen LogP contribution is -2.17. The van der Waals surface area contributed by atoms with Crippen LogP contribution >= 0.6 is 0 Å². The summed E-state index contributed by atoms with van der Waals surface area (Å²) in [6, 6.07) is 22.2. The molecule has 0 radical (unpaired) electrons. The third-order valence-corrected chi connectivity index (χ3v) is 4.83. The molecule has 166 valence electrons. The molecule has 0 saturated carbocycles. The van der Waals surface area contributed by atoms with Crippen LogP contribution in [-0.2, 0) is 6.54 Å². The van der Waals surface area contributed by atoms with Crippen molar-refractivity contribution in [3.05, 3.63) is 89.5 Å². The van der Waals surface area contributed by atoms with Crippen LogP contribution in [0.25, 0.3) is 11.4 Å². The number of carbonyl (C=O) groups excluding carboxylic acids is 1. The summed E-state index contributed by atoms with van der Waals surface area (Å²) in [5.41, 5.74) is 5.52. The molecule has 0 bridgehead atoms. The lowest BCUT2D eigenvalue weighted by molar-refractivity contribution is 0.0955. The predicted molar refractivity (Wildman–Crippen MR) is 123 cm³/mol. The number of para-hydroxylation sites is 1. The second-order valence-corrected chi connectivity index (χ2v) is 6.99. The molecular weight excluding hydrogens is 420 g/mol. The molecule has 9 nitrogen and oxygen atoms in total. The molecule has 0 atom stereocenters. The molecule has 0 spiro atoms. The van der Waals surface area contributed by atoms with Gasteiger partial charge in [0.05, 0.1) is 27.0 Å². The molecule has 1 amide bonds. The van der Waals surface area contributed by atoms with Gasteiger partial charge in [-0.15, -0.1) is 10.2 Å². The zero-order valence-corrected chi connectivity index (χ0v) is 18.2. The molecule has 1 N–H and O–H groups in total. The molecule has 9 heteroatoms. The molecule has 0 aliphatic heterocycles. The van der Waals surface area contributed by atoms with Crippen molar-refractivity contribution in [3.8, 4) is 22.9 Å². The maximum absolute atomic E-state index is 12.4. The summed E-state index contributed by atoms with van der Waals surface area (Å²) in [6.07, 6.45) is 1.51.